The maximum Gasteiger partial charge on any atom is 0.343 e. The van der Waals surface area contributed by atoms with Crippen LogP contribution in [0.3, 0.4) is 0 Å². The highest BCUT2D eigenvalue weighted by molar-refractivity contribution is 5.98. The quantitative estimate of drug-likeness (QED) is 0.582. The number of Topliss-reactive ketones (excluding diaryl/α,β-unsaturated/α-hetero) is 1. The van der Waals surface area contributed by atoms with Crippen molar-refractivity contribution in [3.63, 3.8) is 0 Å². The minimum absolute atomic E-state index is 0.106. The summed E-state index contributed by atoms with van der Waals surface area (Å²) in [5, 5.41) is 0. The molecule has 0 amide bonds. The van der Waals surface area contributed by atoms with Crippen molar-refractivity contribution in [1.29, 1.82) is 0 Å². The van der Waals surface area contributed by atoms with Crippen LogP contribution in [-0.4, -0.2) is 22.9 Å². The van der Waals surface area contributed by atoms with Crippen LogP contribution in [0.25, 0.3) is 0 Å². The summed E-state index contributed by atoms with van der Waals surface area (Å²) >= 11 is 0. The Balaban J connectivity index is 3.48. The third-order valence-electron chi connectivity index (χ3n) is 2.59. The minimum atomic E-state index is -0.699. The smallest absolute Gasteiger partial charge is 0.343 e. The van der Waals surface area contributed by atoms with Gasteiger partial charge in [-0.25, -0.2) is 4.79 Å². The van der Waals surface area contributed by atoms with Crippen LogP contribution >= 0.6 is 0 Å². The van der Waals surface area contributed by atoms with E-state index in [1.54, 1.807) is 13.8 Å². The van der Waals surface area contributed by atoms with Crippen molar-refractivity contribution >= 4 is 11.8 Å². The van der Waals surface area contributed by atoms with Gasteiger partial charge in [0.2, 0.25) is 0 Å². The summed E-state index contributed by atoms with van der Waals surface area (Å²) in [6.07, 6.45) is 0. The maximum atomic E-state index is 11.8. The van der Waals surface area contributed by atoms with E-state index >= 15 is 0 Å². The molecule has 0 aliphatic rings. The van der Waals surface area contributed by atoms with Crippen molar-refractivity contribution < 1.29 is 14.3 Å². The molecule has 17 heavy (non-hydrogen) atoms. The molecule has 0 N–H and O–H groups in total. The second-order valence-electron chi connectivity index (χ2n) is 3.70. The summed E-state index contributed by atoms with van der Waals surface area (Å²) in [5.74, 6) is -0.890. The highest BCUT2D eigenvalue weighted by Gasteiger charge is 2.18. The molecule has 0 aromatic carbocycles. The summed E-state index contributed by atoms with van der Waals surface area (Å²) in [7, 11) is 1.52. The molecule has 0 bridgehead atoms. The molecule has 0 saturated heterocycles. The Hall–Kier alpha value is -1.91. The van der Waals surface area contributed by atoms with Gasteiger partial charge in [0, 0.05) is 18.3 Å². The van der Waals surface area contributed by atoms with Gasteiger partial charge in [-0.1, -0.05) is 0 Å². The van der Waals surface area contributed by atoms with E-state index in [-0.39, 0.29) is 18.0 Å². The van der Waals surface area contributed by atoms with Crippen LogP contribution in [0.1, 0.15) is 40.3 Å². The molecule has 1 rings (SSSR count). The fourth-order valence-corrected chi connectivity index (χ4v) is 1.54. The lowest BCUT2D eigenvalue weighted by Gasteiger charge is -2.10. The fourth-order valence-electron chi connectivity index (χ4n) is 1.54. The van der Waals surface area contributed by atoms with Gasteiger partial charge in [0.15, 0.2) is 5.78 Å². The van der Waals surface area contributed by atoms with Crippen molar-refractivity contribution in [2.24, 2.45) is 7.05 Å². The molecule has 1 aromatic rings. The van der Waals surface area contributed by atoms with Gasteiger partial charge < -0.3 is 9.30 Å². The SMILES string of the molecule is CCOC(=O)c1cc(C(C)=O)c(C)n(C)c1=O. The zero-order valence-electron chi connectivity index (χ0n) is 10.4. The van der Waals surface area contributed by atoms with Gasteiger partial charge in [-0.05, 0) is 26.8 Å². The Morgan fingerprint density at radius 1 is 1.35 bits per heavy atom. The van der Waals surface area contributed by atoms with Gasteiger partial charge >= 0.3 is 5.97 Å². The lowest BCUT2D eigenvalue weighted by molar-refractivity contribution is 0.0523. The van der Waals surface area contributed by atoms with Crippen molar-refractivity contribution in [3.05, 3.63) is 33.2 Å². The summed E-state index contributed by atoms with van der Waals surface area (Å²) in [5.41, 5.74) is 0.335. The van der Waals surface area contributed by atoms with Crippen LogP contribution in [0.2, 0.25) is 0 Å². The standard InChI is InChI=1S/C12H15NO4/c1-5-17-12(16)10-6-9(8(3)14)7(2)13(4)11(10)15/h6H,5H2,1-4H3. The summed E-state index contributed by atoms with van der Waals surface area (Å²) in [4.78, 5) is 34.8. The second-order valence-corrected chi connectivity index (χ2v) is 3.70. The molecular formula is C12H15NO4. The molecule has 1 aromatic heterocycles. The van der Waals surface area contributed by atoms with E-state index in [1.165, 1.54) is 24.6 Å². The molecule has 0 aliphatic carbocycles. The Morgan fingerprint density at radius 2 is 1.94 bits per heavy atom. The highest BCUT2D eigenvalue weighted by atomic mass is 16.5. The van der Waals surface area contributed by atoms with E-state index < -0.39 is 11.5 Å². The Labute approximate surface area is 99.0 Å². The Morgan fingerprint density at radius 3 is 2.41 bits per heavy atom. The van der Waals surface area contributed by atoms with Crippen LogP contribution in [0.4, 0.5) is 0 Å². The van der Waals surface area contributed by atoms with Crippen molar-refractivity contribution in [1.82, 2.24) is 4.57 Å². The van der Waals surface area contributed by atoms with Gasteiger partial charge in [0.1, 0.15) is 5.56 Å². The fraction of sp³-hybridized carbons (Fsp3) is 0.417. The summed E-state index contributed by atoms with van der Waals surface area (Å²) in [6.45, 7) is 4.89. The average molecular weight is 237 g/mol. The zero-order chi connectivity index (χ0) is 13.2. The van der Waals surface area contributed by atoms with E-state index in [0.29, 0.717) is 11.3 Å². The first-order valence-electron chi connectivity index (χ1n) is 5.28. The number of aromatic nitrogens is 1. The Bertz CT molecular complexity index is 528. The van der Waals surface area contributed by atoms with Crippen LogP contribution < -0.4 is 5.56 Å². The van der Waals surface area contributed by atoms with Gasteiger partial charge in [-0.3, -0.25) is 9.59 Å². The number of hydrogen-bond donors (Lipinski definition) is 0. The predicted molar refractivity (Wildman–Crippen MR) is 62.4 cm³/mol. The molecule has 0 fully saturated rings. The van der Waals surface area contributed by atoms with Crippen LogP contribution in [0, 0.1) is 6.92 Å². The average Bonchev–Trinajstić information content (AvgIpc) is 2.26. The molecule has 0 saturated carbocycles. The number of carbonyl (C=O) groups excluding carboxylic acids is 2. The Kier molecular flexibility index (Phi) is 3.83. The molecule has 92 valence electrons. The molecule has 0 radical (unpaired) electrons. The van der Waals surface area contributed by atoms with E-state index in [9.17, 15) is 14.4 Å². The minimum Gasteiger partial charge on any atom is -0.462 e. The van der Waals surface area contributed by atoms with Crippen LogP contribution in [-0.2, 0) is 11.8 Å². The number of ketones is 1. The van der Waals surface area contributed by atoms with Crippen molar-refractivity contribution in [2.45, 2.75) is 20.8 Å². The van der Waals surface area contributed by atoms with Gasteiger partial charge in [0.25, 0.3) is 5.56 Å². The predicted octanol–water partition coefficient (Wildman–Crippen LogP) is 1.07. The van der Waals surface area contributed by atoms with E-state index in [0.717, 1.165) is 0 Å². The molecule has 0 aliphatic heterocycles. The van der Waals surface area contributed by atoms with Crippen molar-refractivity contribution in [3.8, 4) is 0 Å². The monoisotopic (exact) mass is 237 g/mol. The number of pyridine rings is 1. The number of hydrogen-bond acceptors (Lipinski definition) is 4. The van der Waals surface area contributed by atoms with Crippen LogP contribution in [0.15, 0.2) is 10.9 Å². The summed E-state index contributed by atoms with van der Waals surface area (Å²) in [6, 6.07) is 1.30. The normalized spacial score (nSPS) is 10.1. The molecule has 0 atom stereocenters. The second kappa shape index (κ2) is 4.95. The number of esters is 1. The molecule has 0 spiro atoms. The lowest BCUT2D eigenvalue weighted by atomic mass is 10.1. The van der Waals surface area contributed by atoms with Gasteiger partial charge in [-0.2, -0.15) is 0 Å². The molecule has 5 nitrogen and oxygen atoms in total. The molecule has 0 unspecified atom stereocenters. The number of nitrogens with zero attached hydrogens (tertiary/aromatic N) is 1. The van der Waals surface area contributed by atoms with Crippen molar-refractivity contribution in [2.75, 3.05) is 6.61 Å². The molecule has 5 heteroatoms. The van der Waals surface area contributed by atoms with Gasteiger partial charge in [-0.15, -0.1) is 0 Å². The first kappa shape index (κ1) is 13.2. The van der Waals surface area contributed by atoms with Crippen LogP contribution in [0.5, 0.6) is 0 Å². The third kappa shape index (κ3) is 2.43. The molecule has 1 heterocycles. The first-order chi connectivity index (χ1) is 7.90. The number of rotatable bonds is 3. The lowest BCUT2D eigenvalue weighted by Crippen LogP contribution is -2.28. The van der Waals surface area contributed by atoms with E-state index in [1.807, 2.05) is 0 Å². The topological polar surface area (TPSA) is 65.4 Å². The third-order valence-corrected chi connectivity index (χ3v) is 2.59. The maximum absolute atomic E-state index is 11.8. The van der Waals surface area contributed by atoms with E-state index in [2.05, 4.69) is 0 Å². The zero-order valence-corrected chi connectivity index (χ0v) is 10.4. The number of carbonyl (C=O) groups is 2. The highest BCUT2D eigenvalue weighted by Crippen LogP contribution is 2.09. The van der Waals surface area contributed by atoms with Gasteiger partial charge in [0.05, 0.1) is 6.61 Å². The molecular weight excluding hydrogens is 222 g/mol. The number of ether oxygens (including phenoxy) is 1. The summed E-state index contributed by atoms with van der Waals surface area (Å²) < 4.78 is 6.06. The first-order valence-corrected chi connectivity index (χ1v) is 5.28. The largest absolute Gasteiger partial charge is 0.462 e. The van der Waals surface area contributed by atoms with E-state index in [4.69, 9.17) is 4.74 Å².